The predicted octanol–water partition coefficient (Wildman–Crippen LogP) is 2.17. The Bertz CT molecular complexity index is 1150. The largest absolute Gasteiger partial charge is 0.392 e. The highest BCUT2D eigenvalue weighted by atomic mass is 32.1. The van der Waals surface area contributed by atoms with Gasteiger partial charge in [-0.05, 0) is 38.1 Å². The molecule has 0 unspecified atom stereocenters. The molecule has 0 bridgehead atoms. The van der Waals surface area contributed by atoms with E-state index in [-0.39, 0.29) is 31.5 Å². The van der Waals surface area contributed by atoms with Gasteiger partial charge >= 0.3 is 0 Å². The van der Waals surface area contributed by atoms with Crippen LogP contribution in [0.5, 0.6) is 0 Å². The Labute approximate surface area is 193 Å². The third-order valence-corrected chi connectivity index (χ3v) is 4.52. The number of H-pyrrole nitrogens is 1. The number of carbonyl (C=O) groups excluding carboxylic acids is 1. The van der Waals surface area contributed by atoms with Gasteiger partial charge < -0.3 is 25.6 Å². The first-order valence-electron chi connectivity index (χ1n) is 9.82. The van der Waals surface area contributed by atoms with E-state index >= 15 is 0 Å². The van der Waals surface area contributed by atoms with Gasteiger partial charge in [-0.15, -0.1) is 0 Å². The van der Waals surface area contributed by atoms with Gasteiger partial charge in [0.15, 0.2) is 0 Å². The van der Waals surface area contributed by atoms with Gasteiger partial charge in [0.05, 0.1) is 34.3 Å². The maximum atomic E-state index is 12.7. The summed E-state index contributed by atoms with van der Waals surface area (Å²) in [5.74, 6) is 0.182. The summed E-state index contributed by atoms with van der Waals surface area (Å²) in [5.41, 5.74) is 2.92. The Morgan fingerprint density at radius 3 is 2.66 bits per heavy atom. The number of nitrogens with one attached hydrogen (secondary N) is 3. The van der Waals surface area contributed by atoms with Crippen LogP contribution in [0.25, 0.3) is 11.3 Å². The van der Waals surface area contributed by atoms with Gasteiger partial charge in [0.2, 0.25) is 0 Å². The SMILES string of the molecule is Cc1cccc(-c2cc(Nc3ccncc3C(=O)NC[C@H](C)O)c(N(C)C)[nH]c2=O)n1.S. The molecule has 1 atom stereocenters. The van der Waals surface area contributed by atoms with E-state index in [0.29, 0.717) is 34.0 Å². The van der Waals surface area contributed by atoms with Crippen molar-refractivity contribution in [2.45, 2.75) is 20.0 Å². The highest BCUT2D eigenvalue weighted by Crippen LogP contribution is 2.29. The van der Waals surface area contributed by atoms with Gasteiger partial charge in [-0.2, -0.15) is 13.5 Å². The van der Waals surface area contributed by atoms with Crippen molar-refractivity contribution < 1.29 is 9.90 Å². The van der Waals surface area contributed by atoms with Crippen LogP contribution in [0.2, 0.25) is 0 Å². The average Bonchev–Trinajstić information content (AvgIpc) is 2.73. The normalized spacial score (nSPS) is 11.3. The fourth-order valence-electron chi connectivity index (χ4n) is 3.02. The van der Waals surface area contributed by atoms with Gasteiger partial charge in [0, 0.05) is 38.7 Å². The zero-order chi connectivity index (χ0) is 22.5. The highest BCUT2D eigenvalue weighted by molar-refractivity contribution is 7.59. The molecule has 0 aliphatic carbocycles. The van der Waals surface area contributed by atoms with Gasteiger partial charge in [0.25, 0.3) is 11.5 Å². The number of hydrogen-bond acceptors (Lipinski definition) is 7. The van der Waals surface area contributed by atoms with E-state index in [0.717, 1.165) is 5.69 Å². The first-order valence-corrected chi connectivity index (χ1v) is 9.82. The van der Waals surface area contributed by atoms with Crippen LogP contribution < -0.4 is 21.1 Å². The van der Waals surface area contributed by atoms with Crippen molar-refractivity contribution in [2.75, 3.05) is 30.9 Å². The van der Waals surface area contributed by atoms with Crippen LogP contribution in [0, 0.1) is 6.92 Å². The van der Waals surface area contributed by atoms with Crippen LogP contribution in [0.15, 0.2) is 47.5 Å². The quantitative estimate of drug-likeness (QED) is 0.430. The maximum Gasteiger partial charge on any atom is 0.259 e. The standard InChI is InChI=1S/C22H26N6O3.H2S/c1-13-6-5-7-17(25-13)15-10-19(20(28(3)4)27-22(15)31)26-18-8-9-23-12-16(18)21(30)24-11-14(2)29;/h5-10,12,14,29H,11H2,1-4H3,(H,23,26)(H,24,30)(H,27,31);1H2/t14-;/m0./s1. The molecule has 0 saturated carbocycles. The zero-order valence-corrected chi connectivity index (χ0v) is 19.4. The van der Waals surface area contributed by atoms with Crippen molar-refractivity contribution >= 4 is 36.6 Å². The predicted molar refractivity (Wildman–Crippen MR) is 131 cm³/mol. The zero-order valence-electron chi connectivity index (χ0n) is 18.4. The molecule has 3 rings (SSSR count). The number of aliphatic hydroxyl groups is 1. The first-order chi connectivity index (χ1) is 14.8. The third-order valence-electron chi connectivity index (χ3n) is 4.52. The molecule has 170 valence electrons. The summed E-state index contributed by atoms with van der Waals surface area (Å²) in [6, 6.07) is 8.87. The molecule has 0 aliphatic heterocycles. The van der Waals surface area contributed by atoms with Gasteiger partial charge in [0.1, 0.15) is 5.82 Å². The lowest BCUT2D eigenvalue weighted by Crippen LogP contribution is -2.31. The topological polar surface area (TPSA) is 123 Å². The van der Waals surface area contributed by atoms with Gasteiger partial charge in [-0.1, -0.05) is 6.07 Å². The number of amides is 1. The molecule has 4 N–H and O–H groups in total. The van der Waals surface area contributed by atoms with Crippen LogP contribution in [-0.4, -0.2) is 52.7 Å². The van der Waals surface area contributed by atoms with Crippen molar-refractivity contribution in [2.24, 2.45) is 0 Å². The lowest BCUT2D eigenvalue weighted by molar-refractivity contribution is 0.0924. The highest BCUT2D eigenvalue weighted by Gasteiger charge is 2.17. The smallest absolute Gasteiger partial charge is 0.259 e. The second-order valence-electron chi connectivity index (χ2n) is 7.44. The fourth-order valence-corrected chi connectivity index (χ4v) is 3.02. The summed E-state index contributed by atoms with van der Waals surface area (Å²) in [6.07, 6.45) is 2.35. The molecule has 3 aromatic rings. The Morgan fingerprint density at radius 2 is 2.00 bits per heavy atom. The minimum atomic E-state index is -0.666. The number of pyridine rings is 3. The summed E-state index contributed by atoms with van der Waals surface area (Å²) in [6.45, 7) is 3.57. The van der Waals surface area contributed by atoms with Gasteiger partial charge in [-0.25, -0.2) is 0 Å². The Hall–Kier alpha value is -3.37. The van der Waals surface area contributed by atoms with Crippen molar-refractivity contribution in [3.8, 4) is 11.3 Å². The summed E-state index contributed by atoms with van der Waals surface area (Å²) in [4.78, 5) is 38.5. The maximum absolute atomic E-state index is 12.7. The van der Waals surface area contributed by atoms with E-state index in [1.807, 2.05) is 33.2 Å². The molecule has 0 aromatic carbocycles. The van der Waals surface area contributed by atoms with E-state index in [1.54, 1.807) is 36.2 Å². The van der Waals surface area contributed by atoms with Crippen LogP contribution in [0.4, 0.5) is 17.2 Å². The van der Waals surface area contributed by atoms with Crippen LogP contribution in [0.3, 0.4) is 0 Å². The lowest BCUT2D eigenvalue weighted by atomic mass is 10.1. The van der Waals surface area contributed by atoms with E-state index < -0.39 is 6.10 Å². The number of aliphatic hydroxyl groups excluding tert-OH is 1. The number of hydrogen-bond donors (Lipinski definition) is 4. The molecule has 0 radical (unpaired) electrons. The van der Waals surface area contributed by atoms with Crippen LogP contribution >= 0.6 is 13.5 Å². The number of aryl methyl sites for hydroxylation is 1. The summed E-state index contributed by atoms with van der Waals surface area (Å²) in [5, 5.41) is 15.4. The number of aromatic nitrogens is 3. The van der Waals surface area contributed by atoms with Crippen molar-refractivity contribution in [1.29, 1.82) is 0 Å². The molecule has 0 fully saturated rings. The Kier molecular flexibility index (Phi) is 8.39. The summed E-state index contributed by atoms with van der Waals surface area (Å²) < 4.78 is 0. The molecular weight excluding hydrogens is 428 g/mol. The molecule has 1 amide bonds. The number of nitrogens with zero attached hydrogens (tertiary/aromatic N) is 3. The molecule has 0 aliphatic rings. The average molecular weight is 457 g/mol. The monoisotopic (exact) mass is 456 g/mol. The Morgan fingerprint density at radius 1 is 1.25 bits per heavy atom. The van der Waals surface area contributed by atoms with E-state index in [4.69, 9.17) is 0 Å². The van der Waals surface area contributed by atoms with Crippen molar-refractivity contribution in [3.63, 3.8) is 0 Å². The summed E-state index contributed by atoms with van der Waals surface area (Å²) in [7, 11) is 3.62. The Balaban J connectivity index is 0.00000363. The number of carbonyl (C=O) groups is 1. The van der Waals surface area contributed by atoms with Crippen LogP contribution in [-0.2, 0) is 0 Å². The molecule has 3 heterocycles. The second kappa shape index (κ2) is 10.8. The molecule has 32 heavy (non-hydrogen) atoms. The van der Waals surface area contributed by atoms with Crippen molar-refractivity contribution in [3.05, 3.63) is 64.3 Å². The fraction of sp³-hybridized carbons (Fsp3) is 0.273. The molecular formula is C22H28N6O3S. The van der Waals surface area contributed by atoms with E-state index in [2.05, 4.69) is 25.6 Å². The summed E-state index contributed by atoms with van der Waals surface area (Å²) >= 11 is 0. The lowest BCUT2D eigenvalue weighted by Gasteiger charge is -2.20. The number of aromatic amines is 1. The van der Waals surface area contributed by atoms with Crippen LogP contribution in [0.1, 0.15) is 23.0 Å². The van der Waals surface area contributed by atoms with E-state index in [9.17, 15) is 14.7 Å². The second-order valence-corrected chi connectivity index (χ2v) is 7.44. The molecule has 0 spiro atoms. The van der Waals surface area contributed by atoms with Gasteiger partial charge in [-0.3, -0.25) is 19.6 Å². The number of rotatable bonds is 7. The van der Waals surface area contributed by atoms with Crippen molar-refractivity contribution in [1.82, 2.24) is 20.3 Å². The first kappa shape index (κ1) is 24.9. The minimum absolute atomic E-state index is 0. The molecule has 9 nitrogen and oxygen atoms in total. The minimum Gasteiger partial charge on any atom is -0.392 e. The third kappa shape index (κ3) is 5.86. The molecule has 0 saturated heterocycles. The molecule has 10 heteroatoms. The number of anilines is 3. The molecule has 3 aromatic heterocycles. The van der Waals surface area contributed by atoms with E-state index in [1.165, 1.54) is 6.20 Å².